The average molecular weight is 272 g/mol. The molecule has 0 aromatic heterocycles. The van der Waals surface area contributed by atoms with Crippen molar-refractivity contribution in [2.75, 3.05) is 17.8 Å². The highest BCUT2D eigenvalue weighted by Gasteiger charge is 2.31. The van der Waals surface area contributed by atoms with Gasteiger partial charge in [-0.05, 0) is 13.8 Å². The molecule has 1 fully saturated rings. The molecular weight excluding hydrogens is 258 g/mol. The molecule has 0 amide bonds. The van der Waals surface area contributed by atoms with Crippen LogP contribution in [-0.4, -0.2) is 42.7 Å². The summed E-state index contributed by atoms with van der Waals surface area (Å²) in [5.41, 5.74) is 0. The summed E-state index contributed by atoms with van der Waals surface area (Å²) in [5, 5.41) is 0. The van der Waals surface area contributed by atoms with Crippen LogP contribution in [0.1, 0.15) is 13.8 Å². The Labute approximate surface area is 87.4 Å². The summed E-state index contributed by atoms with van der Waals surface area (Å²) in [4.78, 5) is 0. The monoisotopic (exact) mass is 271 g/mol. The maximum atomic E-state index is 11.5. The summed E-state index contributed by atoms with van der Waals surface area (Å²) in [6, 6.07) is -0.0567. The van der Waals surface area contributed by atoms with Crippen LogP contribution in [0.2, 0.25) is 0 Å². The summed E-state index contributed by atoms with van der Waals surface area (Å²) in [6.45, 7) is 4.66. The van der Waals surface area contributed by atoms with E-state index in [4.69, 9.17) is 4.74 Å². The van der Waals surface area contributed by atoms with Crippen LogP contribution in [0.4, 0.5) is 0 Å². The quantitative estimate of drug-likeness (QED) is 0.698. The molecule has 1 heterocycles. The molecule has 2 unspecified atom stereocenters. The maximum absolute atomic E-state index is 11.5. The van der Waals surface area contributed by atoms with Crippen LogP contribution in [0, 0.1) is 0 Å². The molecule has 1 rings (SSSR count). The third kappa shape index (κ3) is 2.65. The van der Waals surface area contributed by atoms with Crippen molar-refractivity contribution in [2.24, 2.45) is 0 Å². The van der Waals surface area contributed by atoms with Gasteiger partial charge < -0.3 is 4.74 Å². The fourth-order valence-electron chi connectivity index (χ4n) is 1.32. The lowest BCUT2D eigenvalue weighted by atomic mass is 10.2. The lowest BCUT2D eigenvalue weighted by Crippen LogP contribution is -2.50. The summed E-state index contributed by atoms with van der Waals surface area (Å²) in [6.07, 6.45) is -0.00924. The van der Waals surface area contributed by atoms with Gasteiger partial charge in [-0.1, -0.05) is 15.9 Å². The zero-order chi connectivity index (χ0) is 10.1. The van der Waals surface area contributed by atoms with E-state index in [9.17, 15) is 8.42 Å². The maximum Gasteiger partial charge on any atom is 0.224 e. The number of ether oxygens (including phenoxy) is 1. The van der Waals surface area contributed by atoms with E-state index in [1.807, 2.05) is 13.8 Å². The fourth-order valence-corrected chi connectivity index (χ4v) is 3.28. The zero-order valence-corrected chi connectivity index (χ0v) is 10.1. The van der Waals surface area contributed by atoms with Gasteiger partial charge in [0, 0.05) is 12.6 Å². The van der Waals surface area contributed by atoms with Gasteiger partial charge in [0.25, 0.3) is 0 Å². The second kappa shape index (κ2) is 4.25. The topological polar surface area (TPSA) is 46.6 Å². The number of nitrogens with zero attached hydrogens (tertiary/aromatic N) is 1. The highest BCUT2D eigenvalue weighted by atomic mass is 79.9. The van der Waals surface area contributed by atoms with Crippen LogP contribution in [0.5, 0.6) is 0 Å². The first-order valence-electron chi connectivity index (χ1n) is 4.14. The summed E-state index contributed by atoms with van der Waals surface area (Å²) in [5.74, 6) is 0. The molecule has 0 radical (unpaired) electrons. The highest BCUT2D eigenvalue weighted by molar-refractivity contribution is 9.10. The van der Waals surface area contributed by atoms with Gasteiger partial charge in [-0.25, -0.2) is 8.42 Å². The molecule has 0 bridgehead atoms. The van der Waals surface area contributed by atoms with Crippen LogP contribution in [0.3, 0.4) is 0 Å². The Morgan fingerprint density at radius 1 is 1.54 bits per heavy atom. The molecule has 4 nitrogen and oxygen atoms in total. The molecule has 1 aliphatic rings. The van der Waals surface area contributed by atoms with Gasteiger partial charge in [0.1, 0.15) is 4.66 Å². The van der Waals surface area contributed by atoms with Crippen molar-refractivity contribution < 1.29 is 13.2 Å². The smallest absolute Gasteiger partial charge is 0.224 e. The number of hydrogen-bond acceptors (Lipinski definition) is 3. The second-order valence-corrected chi connectivity index (χ2v) is 6.51. The number of sulfonamides is 1. The Kier molecular flexibility index (Phi) is 3.73. The molecule has 0 aromatic carbocycles. The Morgan fingerprint density at radius 2 is 2.15 bits per heavy atom. The van der Waals surface area contributed by atoms with Gasteiger partial charge in [0.05, 0.1) is 12.7 Å². The molecule has 0 spiro atoms. The Bertz CT molecular complexity index is 267. The van der Waals surface area contributed by atoms with Crippen LogP contribution < -0.4 is 0 Å². The standard InChI is InChI=1S/C7H14BrNO3S/c1-6-4-12-7(2)3-9(6)13(10,11)5-8/h6-7H,3-5H2,1-2H3. The first kappa shape index (κ1) is 11.4. The number of rotatable bonds is 2. The number of alkyl halides is 1. The van der Waals surface area contributed by atoms with E-state index in [0.29, 0.717) is 13.2 Å². The number of halogens is 1. The molecule has 1 aliphatic heterocycles. The van der Waals surface area contributed by atoms with Gasteiger partial charge in [-0.15, -0.1) is 0 Å². The van der Waals surface area contributed by atoms with E-state index >= 15 is 0 Å². The van der Waals surface area contributed by atoms with E-state index in [1.165, 1.54) is 4.31 Å². The third-order valence-corrected chi connectivity index (χ3v) is 5.28. The number of morpholine rings is 1. The van der Waals surface area contributed by atoms with Gasteiger partial charge >= 0.3 is 0 Å². The van der Waals surface area contributed by atoms with Crippen molar-refractivity contribution >= 4 is 26.0 Å². The van der Waals surface area contributed by atoms with E-state index in [-0.39, 0.29) is 16.8 Å². The molecule has 0 aromatic rings. The molecule has 0 aliphatic carbocycles. The highest BCUT2D eigenvalue weighted by Crippen LogP contribution is 2.17. The van der Waals surface area contributed by atoms with Gasteiger partial charge in [-0.2, -0.15) is 4.31 Å². The first-order chi connectivity index (χ1) is 5.97. The minimum atomic E-state index is -3.13. The van der Waals surface area contributed by atoms with Crippen LogP contribution in [0.15, 0.2) is 0 Å². The SMILES string of the molecule is CC1CN(S(=O)(=O)CBr)C(C)CO1. The first-order valence-corrected chi connectivity index (χ1v) is 6.87. The summed E-state index contributed by atoms with van der Waals surface area (Å²) < 4.78 is 29.9. The predicted molar refractivity (Wildman–Crippen MR) is 54.3 cm³/mol. The van der Waals surface area contributed by atoms with Crippen LogP contribution >= 0.6 is 15.9 Å². The third-order valence-electron chi connectivity index (χ3n) is 2.05. The Hall–Kier alpha value is 0.350. The minimum Gasteiger partial charge on any atom is -0.375 e. The average Bonchev–Trinajstić information content (AvgIpc) is 2.09. The van der Waals surface area contributed by atoms with Crippen molar-refractivity contribution in [3.63, 3.8) is 0 Å². The molecule has 1 saturated heterocycles. The normalized spacial score (nSPS) is 31.9. The van der Waals surface area contributed by atoms with E-state index in [1.54, 1.807) is 0 Å². The molecule has 0 N–H and O–H groups in total. The van der Waals surface area contributed by atoms with Crippen LogP contribution in [-0.2, 0) is 14.8 Å². The van der Waals surface area contributed by atoms with Gasteiger partial charge in [-0.3, -0.25) is 0 Å². The van der Waals surface area contributed by atoms with Crippen molar-refractivity contribution in [1.82, 2.24) is 4.31 Å². The molecule has 78 valence electrons. The Balaban J connectivity index is 2.77. The van der Waals surface area contributed by atoms with E-state index in [2.05, 4.69) is 15.9 Å². The Morgan fingerprint density at radius 3 is 2.69 bits per heavy atom. The van der Waals surface area contributed by atoms with Gasteiger partial charge in [0.2, 0.25) is 10.0 Å². The number of hydrogen-bond donors (Lipinski definition) is 0. The van der Waals surface area contributed by atoms with Crippen molar-refractivity contribution in [3.8, 4) is 0 Å². The lowest BCUT2D eigenvalue weighted by molar-refractivity contribution is -0.0168. The molecular formula is C7H14BrNO3S. The molecule has 2 atom stereocenters. The molecule has 13 heavy (non-hydrogen) atoms. The zero-order valence-electron chi connectivity index (χ0n) is 7.73. The molecule has 0 saturated carbocycles. The van der Waals surface area contributed by atoms with Crippen molar-refractivity contribution in [1.29, 1.82) is 0 Å². The van der Waals surface area contributed by atoms with E-state index in [0.717, 1.165) is 0 Å². The van der Waals surface area contributed by atoms with Crippen molar-refractivity contribution in [2.45, 2.75) is 26.0 Å². The second-order valence-electron chi connectivity index (χ2n) is 3.28. The fraction of sp³-hybridized carbons (Fsp3) is 1.00. The van der Waals surface area contributed by atoms with Crippen molar-refractivity contribution in [3.05, 3.63) is 0 Å². The lowest BCUT2D eigenvalue weighted by Gasteiger charge is -2.35. The van der Waals surface area contributed by atoms with Gasteiger partial charge in [0.15, 0.2) is 0 Å². The molecule has 6 heteroatoms. The largest absolute Gasteiger partial charge is 0.375 e. The minimum absolute atomic E-state index is 0.00924. The summed E-state index contributed by atoms with van der Waals surface area (Å²) in [7, 11) is -3.13. The predicted octanol–water partition coefficient (Wildman–Crippen LogP) is 0.778. The summed E-state index contributed by atoms with van der Waals surface area (Å²) >= 11 is 2.98. The van der Waals surface area contributed by atoms with E-state index < -0.39 is 10.0 Å². The van der Waals surface area contributed by atoms with Crippen LogP contribution in [0.25, 0.3) is 0 Å².